The molecule has 2 atom stereocenters. The zero-order valence-electron chi connectivity index (χ0n) is 41.1. The van der Waals surface area contributed by atoms with Gasteiger partial charge in [-0.1, -0.05) is 212 Å². The highest BCUT2D eigenvalue weighted by Crippen LogP contribution is 2.17. The van der Waals surface area contributed by atoms with Gasteiger partial charge in [0.25, 0.3) is 0 Å². The minimum absolute atomic E-state index is 0.0459. The van der Waals surface area contributed by atoms with Gasteiger partial charge in [0, 0.05) is 19.3 Å². The highest BCUT2D eigenvalue weighted by atomic mass is 16.6. The van der Waals surface area contributed by atoms with Crippen molar-refractivity contribution >= 4 is 17.9 Å². The number of carboxylic acids is 1. The van der Waals surface area contributed by atoms with E-state index in [2.05, 4.69) is 26.0 Å². The van der Waals surface area contributed by atoms with Crippen LogP contribution in [0.2, 0.25) is 0 Å². The van der Waals surface area contributed by atoms with E-state index in [0.717, 1.165) is 38.5 Å². The lowest BCUT2D eigenvalue weighted by Gasteiger charge is -2.31. The lowest BCUT2D eigenvalue weighted by atomic mass is 10.0. The van der Waals surface area contributed by atoms with Gasteiger partial charge in [0.05, 0.1) is 34.4 Å². The first-order chi connectivity index (χ1) is 29.6. The Balaban J connectivity index is 4.19. The Bertz CT molecular complexity index is 1010. The molecule has 0 aliphatic rings. The summed E-state index contributed by atoms with van der Waals surface area (Å²) in [5, 5.41) is 9.65. The minimum atomic E-state index is -0.871. The fourth-order valence-electron chi connectivity index (χ4n) is 8.09. The Morgan fingerprint density at radius 2 is 0.820 bits per heavy atom. The predicted octanol–water partition coefficient (Wildman–Crippen LogP) is 15.0. The molecule has 0 bridgehead atoms. The summed E-state index contributed by atoms with van der Waals surface area (Å²) >= 11 is 0. The number of hydrogen-bond acceptors (Lipinski definition) is 6. The maximum Gasteiger partial charge on any atom is 0.362 e. The van der Waals surface area contributed by atoms with Gasteiger partial charge in [-0.3, -0.25) is 9.59 Å². The number of esters is 2. The molecule has 0 fully saturated rings. The van der Waals surface area contributed by atoms with Gasteiger partial charge in [-0.25, -0.2) is 4.79 Å². The minimum Gasteiger partial charge on any atom is -0.477 e. The smallest absolute Gasteiger partial charge is 0.362 e. The molecule has 0 aromatic heterocycles. The summed E-state index contributed by atoms with van der Waals surface area (Å²) in [5.41, 5.74) is 0. The fourth-order valence-corrected chi connectivity index (χ4v) is 8.09. The average Bonchev–Trinajstić information content (AvgIpc) is 3.22. The van der Waals surface area contributed by atoms with Crippen LogP contribution >= 0.6 is 0 Å². The number of carboxylic acid groups (broad SMARTS) is 1. The summed E-state index contributed by atoms with van der Waals surface area (Å²) in [5.74, 6) is -1.45. The van der Waals surface area contributed by atoms with Crippen molar-refractivity contribution in [3.63, 3.8) is 0 Å². The Morgan fingerprint density at radius 3 is 1.18 bits per heavy atom. The number of ether oxygens (including phenoxy) is 3. The van der Waals surface area contributed by atoms with E-state index in [-0.39, 0.29) is 36.2 Å². The Hall–Kier alpha value is -1.93. The Kier molecular flexibility index (Phi) is 43.3. The lowest BCUT2D eigenvalue weighted by molar-refractivity contribution is -0.887. The summed E-state index contributed by atoms with van der Waals surface area (Å²) in [7, 11) is 5.55. The molecule has 0 saturated heterocycles. The van der Waals surface area contributed by atoms with Crippen LogP contribution in [0.4, 0.5) is 0 Å². The molecule has 0 amide bonds. The molecule has 1 N–H and O–H groups in total. The molecule has 0 spiro atoms. The molecule has 360 valence electrons. The molecule has 0 saturated carbocycles. The van der Waals surface area contributed by atoms with Crippen molar-refractivity contribution in [2.75, 3.05) is 41.0 Å². The molecular weight excluding hydrogens is 763 g/mol. The SMILES string of the molecule is CCCCCCCC/C=C/CCCCCCCCCC(=O)OC(COCCC(C(=O)O)[N+](C)(C)C)COC(=O)CCCCCCCCCCCCCCCCCCCCCC. The van der Waals surface area contributed by atoms with Crippen LogP contribution in [0.15, 0.2) is 12.2 Å². The molecule has 0 rings (SSSR count). The van der Waals surface area contributed by atoms with Crippen molar-refractivity contribution in [2.45, 2.75) is 270 Å². The van der Waals surface area contributed by atoms with Gasteiger partial charge in [-0.2, -0.15) is 0 Å². The van der Waals surface area contributed by atoms with Gasteiger partial charge in [0.1, 0.15) is 6.61 Å². The number of unbranched alkanes of at least 4 members (excludes halogenated alkanes) is 32. The van der Waals surface area contributed by atoms with E-state index < -0.39 is 18.1 Å². The van der Waals surface area contributed by atoms with Crippen LogP contribution in [0.3, 0.4) is 0 Å². The van der Waals surface area contributed by atoms with Gasteiger partial charge >= 0.3 is 17.9 Å². The fraction of sp³-hybridized carbons (Fsp3) is 0.906. The highest BCUT2D eigenvalue weighted by Gasteiger charge is 2.31. The monoisotopic (exact) mass is 865 g/mol. The van der Waals surface area contributed by atoms with E-state index in [1.165, 1.54) is 186 Å². The van der Waals surface area contributed by atoms with Crippen molar-refractivity contribution in [3.05, 3.63) is 12.2 Å². The van der Waals surface area contributed by atoms with Crippen molar-refractivity contribution in [2.24, 2.45) is 0 Å². The number of hydrogen-bond donors (Lipinski definition) is 1. The molecule has 61 heavy (non-hydrogen) atoms. The Morgan fingerprint density at radius 1 is 0.475 bits per heavy atom. The van der Waals surface area contributed by atoms with Gasteiger partial charge in [0.2, 0.25) is 0 Å². The maximum absolute atomic E-state index is 12.8. The first kappa shape index (κ1) is 59.1. The van der Waals surface area contributed by atoms with Crippen LogP contribution in [-0.2, 0) is 28.6 Å². The van der Waals surface area contributed by atoms with Crippen LogP contribution in [0, 0.1) is 0 Å². The quantitative estimate of drug-likeness (QED) is 0.0281. The molecule has 8 heteroatoms. The summed E-state index contributed by atoms with van der Waals surface area (Å²) in [6.45, 7) is 4.78. The van der Waals surface area contributed by atoms with E-state index in [9.17, 15) is 19.5 Å². The summed E-state index contributed by atoms with van der Waals surface area (Å²) in [4.78, 5) is 37.2. The van der Waals surface area contributed by atoms with Crippen LogP contribution in [0.25, 0.3) is 0 Å². The van der Waals surface area contributed by atoms with Gasteiger partial charge in [-0.05, 0) is 38.5 Å². The van der Waals surface area contributed by atoms with E-state index in [4.69, 9.17) is 14.2 Å². The van der Waals surface area contributed by atoms with Gasteiger partial charge in [0.15, 0.2) is 12.1 Å². The number of allylic oxidation sites excluding steroid dienone is 2. The number of carbonyl (C=O) groups is 3. The summed E-state index contributed by atoms with van der Waals surface area (Å²) < 4.78 is 17.4. The van der Waals surface area contributed by atoms with Crippen molar-refractivity contribution < 1.29 is 38.2 Å². The standard InChI is InChI=1S/C53H101NO7/c1-6-8-10-12-14-16-18-20-22-24-25-26-28-29-31-33-35-37-39-41-43-51(55)60-48-49(47-59-46-45-50(53(57)58)54(3,4)5)61-52(56)44-42-40-38-36-34-32-30-27-23-21-19-17-15-13-11-9-7-2/h21,23,49-50H,6-20,22,24-48H2,1-5H3/p+1/b23-21+. The number of rotatable bonds is 48. The molecular formula is C53H102NO7+. The van der Waals surface area contributed by atoms with Crippen LogP contribution in [-0.4, -0.2) is 80.6 Å². The van der Waals surface area contributed by atoms with E-state index >= 15 is 0 Å². The topological polar surface area (TPSA) is 99.1 Å². The number of quaternary nitrogens is 1. The second-order valence-corrected chi connectivity index (χ2v) is 19.1. The zero-order chi connectivity index (χ0) is 44.9. The molecule has 0 aliphatic heterocycles. The maximum atomic E-state index is 12.8. The zero-order valence-corrected chi connectivity index (χ0v) is 41.1. The molecule has 8 nitrogen and oxygen atoms in total. The van der Waals surface area contributed by atoms with Crippen molar-refractivity contribution in [3.8, 4) is 0 Å². The lowest BCUT2D eigenvalue weighted by Crippen LogP contribution is -2.50. The number of likely N-dealkylation sites (N-methyl/N-ethyl adjacent to an activating group) is 1. The molecule has 2 unspecified atom stereocenters. The van der Waals surface area contributed by atoms with E-state index in [1.807, 2.05) is 21.1 Å². The molecule has 0 aromatic carbocycles. The second-order valence-electron chi connectivity index (χ2n) is 19.1. The third kappa shape index (κ3) is 43.1. The number of carbonyl (C=O) groups excluding carboxylic acids is 2. The van der Waals surface area contributed by atoms with Gasteiger partial charge in [-0.15, -0.1) is 0 Å². The van der Waals surface area contributed by atoms with E-state index in [0.29, 0.717) is 19.3 Å². The molecule has 0 heterocycles. The van der Waals surface area contributed by atoms with Crippen LogP contribution < -0.4 is 0 Å². The summed E-state index contributed by atoms with van der Waals surface area (Å²) in [6, 6.07) is -0.612. The highest BCUT2D eigenvalue weighted by molar-refractivity contribution is 5.72. The number of aliphatic carboxylic acids is 1. The van der Waals surface area contributed by atoms with Gasteiger partial charge < -0.3 is 23.8 Å². The van der Waals surface area contributed by atoms with E-state index in [1.54, 1.807) is 0 Å². The molecule has 0 aliphatic carbocycles. The number of nitrogens with zero attached hydrogens (tertiary/aromatic N) is 1. The largest absolute Gasteiger partial charge is 0.477 e. The predicted molar refractivity (Wildman–Crippen MR) is 257 cm³/mol. The first-order valence-corrected chi connectivity index (χ1v) is 26.2. The average molecular weight is 865 g/mol. The second kappa shape index (κ2) is 44.7. The van der Waals surface area contributed by atoms with Crippen molar-refractivity contribution in [1.29, 1.82) is 0 Å². The molecule has 0 radical (unpaired) electrons. The third-order valence-corrected chi connectivity index (χ3v) is 12.2. The van der Waals surface area contributed by atoms with Crippen molar-refractivity contribution in [1.82, 2.24) is 0 Å². The summed E-state index contributed by atoms with van der Waals surface area (Å²) in [6.07, 6.45) is 49.7. The van der Waals surface area contributed by atoms with Crippen LogP contribution in [0.1, 0.15) is 258 Å². The first-order valence-electron chi connectivity index (χ1n) is 26.2. The normalized spacial score (nSPS) is 12.9. The molecule has 0 aromatic rings. The van der Waals surface area contributed by atoms with Crippen LogP contribution in [0.5, 0.6) is 0 Å². The third-order valence-electron chi connectivity index (χ3n) is 12.2. The Labute approximate surface area is 378 Å².